The van der Waals surface area contributed by atoms with Gasteiger partial charge in [0.15, 0.2) is 6.04 Å². The Morgan fingerprint density at radius 1 is 1.14 bits per heavy atom. The summed E-state index contributed by atoms with van der Waals surface area (Å²) in [5.41, 5.74) is 6.89. The van der Waals surface area contributed by atoms with Crippen molar-refractivity contribution in [3.63, 3.8) is 0 Å². The number of hydrogen-bond acceptors (Lipinski definition) is 6. The van der Waals surface area contributed by atoms with Crippen LogP contribution in [-0.2, 0) is 14.3 Å². The van der Waals surface area contributed by atoms with Crippen LogP contribution in [0.3, 0.4) is 0 Å². The van der Waals surface area contributed by atoms with E-state index in [2.05, 4.69) is 4.98 Å². The molecule has 0 aliphatic carbocycles. The fraction of sp³-hybridized carbons (Fsp3) is 0.500. The standard InChI is InChI=1S/C14H20N2O5/c1-5-20-13(18)9-7(3)11(16-8(9)4)12(17)10(15)14(19)21-6-2/h10,16H,5-6,15H2,1-4H3/t10-/m0/s1. The smallest absolute Gasteiger partial charge is 0.340 e. The monoisotopic (exact) mass is 296 g/mol. The average molecular weight is 296 g/mol. The van der Waals surface area contributed by atoms with Crippen LogP contribution in [0.15, 0.2) is 0 Å². The number of hydrogen-bond donors (Lipinski definition) is 2. The molecule has 0 aliphatic heterocycles. The number of aromatic nitrogens is 1. The minimum atomic E-state index is -1.42. The van der Waals surface area contributed by atoms with Gasteiger partial charge in [0.25, 0.3) is 0 Å². The van der Waals surface area contributed by atoms with Crippen LogP contribution in [0.25, 0.3) is 0 Å². The number of esters is 2. The van der Waals surface area contributed by atoms with E-state index in [0.29, 0.717) is 11.3 Å². The molecule has 1 rings (SSSR count). The molecule has 0 aliphatic rings. The summed E-state index contributed by atoms with van der Waals surface area (Å²) in [5.74, 6) is -1.94. The van der Waals surface area contributed by atoms with Crippen LogP contribution < -0.4 is 5.73 Å². The Morgan fingerprint density at radius 2 is 1.71 bits per heavy atom. The highest BCUT2D eigenvalue weighted by molar-refractivity contribution is 6.13. The summed E-state index contributed by atoms with van der Waals surface area (Å²) in [5, 5.41) is 0. The second-order valence-corrected chi connectivity index (χ2v) is 4.44. The van der Waals surface area contributed by atoms with Gasteiger partial charge in [-0.25, -0.2) is 9.59 Å². The Bertz CT molecular complexity index is 562. The number of aromatic amines is 1. The second-order valence-electron chi connectivity index (χ2n) is 4.44. The van der Waals surface area contributed by atoms with Crippen molar-refractivity contribution in [1.29, 1.82) is 0 Å². The first-order chi connectivity index (χ1) is 9.84. The lowest BCUT2D eigenvalue weighted by Gasteiger charge is -2.09. The van der Waals surface area contributed by atoms with E-state index in [9.17, 15) is 14.4 Å². The highest BCUT2D eigenvalue weighted by atomic mass is 16.5. The molecule has 0 aromatic carbocycles. The fourth-order valence-corrected chi connectivity index (χ4v) is 2.00. The number of H-pyrrole nitrogens is 1. The maximum atomic E-state index is 12.2. The molecule has 116 valence electrons. The summed E-state index contributed by atoms with van der Waals surface area (Å²) >= 11 is 0. The molecule has 0 saturated carbocycles. The lowest BCUT2D eigenvalue weighted by molar-refractivity contribution is -0.143. The second kappa shape index (κ2) is 7.03. The first kappa shape index (κ1) is 16.9. The fourth-order valence-electron chi connectivity index (χ4n) is 2.00. The van der Waals surface area contributed by atoms with E-state index >= 15 is 0 Å². The van der Waals surface area contributed by atoms with E-state index in [1.165, 1.54) is 0 Å². The molecule has 0 saturated heterocycles. The molecule has 0 unspecified atom stereocenters. The molecule has 7 nitrogen and oxygen atoms in total. The van der Waals surface area contributed by atoms with Crippen molar-refractivity contribution in [2.75, 3.05) is 13.2 Å². The van der Waals surface area contributed by atoms with Crippen LogP contribution in [0.2, 0.25) is 0 Å². The van der Waals surface area contributed by atoms with Gasteiger partial charge in [-0.3, -0.25) is 4.79 Å². The van der Waals surface area contributed by atoms with Crippen LogP contribution in [0.5, 0.6) is 0 Å². The first-order valence-corrected chi connectivity index (χ1v) is 6.67. The van der Waals surface area contributed by atoms with Gasteiger partial charge in [0.1, 0.15) is 0 Å². The molecular weight excluding hydrogens is 276 g/mol. The molecule has 1 aromatic heterocycles. The number of carbonyl (C=O) groups excluding carboxylic acids is 3. The van der Waals surface area contributed by atoms with Gasteiger partial charge in [-0.1, -0.05) is 0 Å². The summed E-state index contributed by atoms with van der Waals surface area (Å²) in [6, 6.07) is -1.42. The molecule has 0 bridgehead atoms. The number of ketones is 1. The van der Waals surface area contributed by atoms with Crippen molar-refractivity contribution in [3.8, 4) is 0 Å². The molecule has 1 heterocycles. The van der Waals surface area contributed by atoms with Crippen LogP contribution in [-0.4, -0.2) is 42.0 Å². The predicted octanol–water partition coefficient (Wildman–Crippen LogP) is 0.881. The van der Waals surface area contributed by atoms with Gasteiger partial charge in [-0.2, -0.15) is 0 Å². The third-order valence-electron chi connectivity index (χ3n) is 2.99. The maximum Gasteiger partial charge on any atom is 0.340 e. The SMILES string of the molecule is CCOC(=O)c1c(C)[nH]c(C(=O)[C@H](N)C(=O)OCC)c1C. The number of carbonyl (C=O) groups is 3. The number of Topliss-reactive ketones (excluding diaryl/α,β-unsaturated/α-hetero) is 1. The van der Waals surface area contributed by atoms with E-state index in [4.69, 9.17) is 15.2 Å². The van der Waals surface area contributed by atoms with Crippen LogP contribution in [0.4, 0.5) is 0 Å². The average Bonchev–Trinajstić information content (AvgIpc) is 2.72. The lowest BCUT2D eigenvalue weighted by atomic mass is 10.0. The Balaban J connectivity index is 3.10. The van der Waals surface area contributed by atoms with Gasteiger partial charge in [-0.05, 0) is 33.3 Å². The summed E-state index contributed by atoms with van der Waals surface area (Å²) in [6.45, 7) is 6.92. The van der Waals surface area contributed by atoms with Crippen LogP contribution in [0, 0.1) is 13.8 Å². The van der Waals surface area contributed by atoms with Gasteiger partial charge >= 0.3 is 11.9 Å². The minimum Gasteiger partial charge on any atom is -0.464 e. The Labute approximate surface area is 122 Å². The van der Waals surface area contributed by atoms with Crippen molar-refractivity contribution < 1.29 is 23.9 Å². The van der Waals surface area contributed by atoms with Gasteiger partial charge in [0.2, 0.25) is 5.78 Å². The summed E-state index contributed by atoms with van der Waals surface area (Å²) in [4.78, 5) is 38.4. The summed E-state index contributed by atoms with van der Waals surface area (Å²) < 4.78 is 9.65. The summed E-state index contributed by atoms with van der Waals surface area (Å²) in [7, 11) is 0. The Morgan fingerprint density at radius 3 is 2.24 bits per heavy atom. The molecule has 0 amide bonds. The molecule has 0 radical (unpaired) electrons. The van der Waals surface area contributed by atoms with Crippen LogP contribution in [0.1, 0.15) is 46.0 Å². The largest absolute Gasteiger partial charge is 0.464 e. The molecule has 7 heteroatoms. The van der Waals surface area contributed by atoms with Gasteiger partial charge in [0.05, 0.1) is 24.5 Å². The first-order valence-electron chi connectivity index (χ1n) is 6.67. The van der Waals surface area contributed by atoms with E-state index in [-0.39, 0.29) is 24.5 Å². The number of rotatable bonds is 6. The van der Waals surface area contributed by atoms with Crippen molar-refractivity contribution in [3.05, 3.63) is 22.5 Å². The lowest BCUT2D eigenvalue weighted by Crippen LogP contribution is -2.40. The summed E-state index contributed by atoms with van der Waals surface area (Å²) in [6.07, 6.45) is 0. The predicted molar refractivity (Wildman–Crippen MR) is 75.2 cm³/mol. The van der Waals surface area contributed by atoms with Crippen molar-refractivity contribution in [2.45, 2.75) is 33.7 Å². The molecule has 0 fully saturated rings. The van der Waals surface area contributed by atoms with E-state index in [0.717, 1.165) is 0 Å². The zero-order valence-corrected chi connectivity index (χ0v) is 12.6. The zero-order chi connectivity index (χ0) is 16.2. The van der Waals surface area contributed by atoms with E-state index in [1.54, 1.807) is 27.7 Å². The third-order valence-corrected chi connectivity index (χ3v) is 2.99. The third kappa shape index (κ3) is 3.49. The number of nitrogens with one attached hydrogen (secondary N) is 1. The zero-order valence-electron chi connectivity index (χ0n) is 12.6. The van der Waals surface area contributed by atoms with Crippen LogP contribution >= 0.6 is 0 Å². The van der Waals surface area contributed by atoms with E-state index in [1.807, 2.05) is 0 Å². The topological polar surface area (TPSA) is 111 Å². The minimum absolute atomic E-state index is 0.121. The highest BCUT2D eigenvalue weighted by Crippen LogP contribution is 2.20. The molecule has 21 heavy (non-hydrogen) atoms. The van der Waals surface area contributed by atoms with Gasteiger partial charge < -0.3 is 20.2 Å². The van der Waals surface area contributed by atoms with Gasteiger partial charge in [0, 0.05) is 5.69 Å². The van der Waals surface area contributed by atoms with Crippen molar-refractivity contribution >= 4 is 17.7 Å². The van der Waals surface area contributed by atoms with Gasteiger partial charge in [-0.15, -0.1) is 0 Å². The van der Waals surface area contributed by atoms with Crippen molar-refractivity contribution in [2.24, 2.45) is 5.73 Å². The Kier molecular flexibility index (Phi) is 5.66. The molecule has 3 N–H and O–H groups in total. The normalized spacial score (nSPS) is 11.9. The van der Waals surface area contributed by atoms with E-state index < -0.39 is 23.8 Å². The highest BCUT2D eigenvalue weighted by Gasteiger charge is 2.30. The number of aryl methyl sites for hydroxylation is 1. The number of nitrogens with two attached hydrogens (primary N) is 1. The molecule has 1 atom stereocenters. The molecule has 0 spiro atoms. The number of ether oxygens (including phenoxy) is 2. The maximum absolute atomic E-state index is 12.2. The van der Waals surface area contributed by atoms with Crippen molar-refractivity contribution in [1.82, 2.24) is 4.98 Å². The molecule has 1 aromatic rings. The molecular formula is C14H20N2O5. The quantitative estimate of drug-likeness (QED) is 0.458. The Hall–Kier alpha value is -2.15.